The minimum atomic E-state index is 0.496. The molecule has 1 atom stereocenters. The van der Waals surface area contributed by atoms with E-state index in [0.29, 0.717) is 12.5 Å². The molecule has 0 spiro atoms. The second kappa shape index (κ2) is 7.24. The van der Waals surface area contributed by atoms with Crippen LogP contribution in [0, 0.1) is 12.8 Å². The molecule has 0 aromatic heterocycles. The second-order valence-electron chi connectivity index (χ2n) is 4.89. The summed E-state index contributed by atoms with van der Waals surface area (Å²) in [5.74, 6) is 2.15. The molecular formula is C15H26N2O2. The summed E-state index contributed by atoms with van der Waals surface area (Å²) in [6.45, 7) is 5.87. The molecule has 0 aliphatic rings. The van der Waals surface area contributed by atoms with Gasteiger partial charge >= 0.3 is 0 Å². The highest BCUT2D eigenvalue weighted by Crippen LogP contribution is 2.35. The first kappa shape index (κ1) is 15.6. The van der Waals surface area contributed by atoms with E-state index in [1.807, 2.05) is 12.1 Å². The molecular weight excluding hydrogens is 240 g/mol. The SMILES string of the molecule is CCC(CN)CN(C)c1c(C)cc(OC)cc1OC. The number of aryl methyl sites for hydroxylation is 1. The van der Waals surface area contributed by atoms with Crippen molar-refractivity contribution in [2.45, 2.75) is 20.3 Å². The van der Waals surface area contributed by atoms with Crippen LogP contribution < -0.4 is 20.1 Å². The van der Waals surface area contributed by atoms with Crippen molar-refractivity contribution in [2.24, 2.45) is 11.7 Å². The van der Waals surface area contributed by atoms with Gasteiger partial charge in [0.25, 0.3) is 0 Å². The molecule has 1 rings (SSSR count). The number of benzene rings is 1. The standard InChI is InChI=1S/C15H26N2O2/c1-6-12(9-16)10-17(3)15-11(2)7-13(18-4)8-14(15)19-5/h7-8,12H,6,9-10,16H2,1-5H3. The number of anilines is 1. The Morgan fingerprint density at radius 2 is 1.95 bits per heavy atom. The molecule has 19 heavy (non-hydrogen) atoms. The van der Waals surface area contributed by atoms with Crippen molar-refractivity contribution in [3.05, 3.63) is 17.7 Å². The summed E-state index contributed by atoms with van der Waals surface area (Å²) >= 11 is 0. The lowest BCUT2D eigenvalue weighted by Crippen LogP contribution is -2.30. The van der Waals surface area contributed by atoms with Gasteiger partial charge in [0.1, 0.15) is 11.5 Å². The van der Waals surface area contributed by atoms with Crippen molar-refractivity contribution in [1.82, 2.24) is 0 Å². The van der Waals surface area contributed by atoms with Gasteiger partial charge in [-0.2, -0.15) is 0 Å². The van der Waals surface area contributed by atoms with Crippen molar-refractivity contribution in [1.29, 1.82) is 0 Å². The molecule has 0 radical (unpaired) electrons. The Morgan fingerprint density at radius 3 is 2.42 bits per heavy atom. The van der Waals surface area contributed by atoms with E-state index in [1.165, 1.54) is 0 Å². The second-order valence-corrected chi connectivity index (χ2v) is 4.89. The zero-order valence-corrected chi connectivity index (χ0v) is 12.7. The first-order valence-electron chi connectivity index (χ1n) is 6.71. The van der Waals surface area contributed by atoms with Crippen molar-refractivity contribution in [3.8, 4) is 11.5 Å². The van der Waals surface area contributed by atoms with Gasteiger partial charge < -0.3 is 20.1 Å². The third kappa shape index (κ3) is 3.77. The molecule has 108 valence electrons. The number of ether oxygens (including phenoxy) is 2. The zero-order valence-electron chi connectivity index (χ0n) is 12.7. The summed E-state index contributed by atoms with van der Waals surface area (Å²) in [5, 5.41) is 0. The van der Waals surface area contributed by atoms with Crippen molar-refractivity contribution >= 4 is 5.69 Å². The summed E-state index contributed by atoms with van der Waals surface area (Å²) < 4.78 is 10.8. The van der Waals surface area contributed by atoms with Gasteiger partial charge in [-0.25, -0.2) is 0 Å². The highest BCUT2D eigenvalue weighted by molar-refractivity contribution is 5.65. The maximum Gasteiger partial charge on any atom is 0.146 e. The molecule has 0 saturated heterocycles. The van der Waals surface area contributed by atoms with E-state index in [2.05, 4.69) is 25.8 Å². The molecule has 4 heteroatoms. The smallest absolute Gasteiger partial charge is 0.146 e. The number of rotatable bonds is 7. The molecule has 0 aliphatic carbocycles. The molecule has 0 aliphatic heterocycles. The molecule has 0 bridgehead atoms. The van der Waals surface area contributed by atoms with Gasteiger partial charge in [0.15, 0.2) is 0 Å². The predicted molar refractivity (Wildman–Crippen MR) is 80.4 cm³/mol. The number of hydrogen-bond donors (Lipinski definition) is 1. The van der Waals surface area contributed by atoms with Crippen LogP contribution in [0.5, 0.6) is 11.5 Å². The number of hydrogen-bond acceptors (Lipinski definition) is 4. The van der Waals surface area contributed by atoms with Crippen molar-refractivity contribution in [2.75, 3.05) is 39.3 Å². The van der Waals surface area contributed by atoms with E-state index < -0.39 is 0 Å². The fraction of sp³-hybridized carbons (Fsp3) is 0.600. The Balaban J connectivity index is 3.04. The highest BCUT2D eigenvalue weighted by atomic mass is 16.5. The lowest BCUT2D eigenvalue weighted by atomic mass is 10.1. The molecule has 2 N–H and O–H groups in total. The molecule has 1 unspecified atom stereocenters. The number of nitrogens with zero attached hydrogens (tertiary/aromatic N) is 1. The van der Waals surface area contributed by atoms with Gasteiger partial charge in [0, 0.05) is 19.7 Å². The summed E-state index contributed by atoms with van der Waals surface area (Å²) in [7, 11) is 5.43. The number of methoxy groups -OCH3 is 2. The average Bonchev–Trinajstić information content (AvgIpc) is 2.43. The molecule has 0 fully saturated rings. The Labute approximate surface area is 116 Å². The van der Waals surface area contributed by atoms with Crippen LogP contribution in [0.1, 0.15) is 18.9 Å². The van der Waals surface area contributed by atoms with E-state index in [4.69, 9.17) is 15.2 Å². The average molecular weight is 266 g/mol. The van der Waals surface area contributed by atoms with Crippen molar-refractivity contribution in [3.63, 3.8) is 0 Å². The van der Waals surface area contributed by atoms with Crippen LogP contribution in [-0.2, 0) is 0 Å². The summed E-state index contributed by atoms with van der Waals surface area (Å²) in [6, 6.07) is 3.94. The zero-order chi connectivity index (χ0) is 14.4. The lowest BCUT2D eigenvalue weighted by Gasteiger charge is -2.27. The van der Waals surface area contributed by atoms with E-state index in [0.717, 1.165) is 35.7 Å². The topological polar surface area (TPSA) is 47.7 Å². The quantitative estimate of drug-likeness (QED) is 0.823. The maximum absolute atomic E-state index is 5.79. The summed E-state index contributed by atoms with van der Waals surface area (Å²) in [6.07, 6.45) is 1.08. The fourth-order valence-corrected chi connectivity index (χ4v) is 2.33. The molecule has 1 aromatic rings. The van der Waals surface area contributed by atoms with E-state index in [1.54, 1.807) is 14.2 Å². The largest absolute Gasteiger partial charge is 0.497 e. The third-order valence-electron chi connectivity index (χ3n) is 3.52. The normalized spacial score (nSPS) is 12.1. The van der Waals surface area contributed by atoms with E-state index in [9.17, 15) is 0 Å². The first-order chi connectivity index (χ1) is 9.07. The minimum absolute atomic E-state index is 0.496. The van der Waals surface area contributed by atoms with Crippen LogP contribution in [0.4, 0.5) is 5.69 Å². The van der Waals surface area contributed by atoms with Crippen LogP contribution in [0.3, 0.4) is 0 Å². The van der Waals surface area contributed by atoms with Crippen LogP contribution in [-0.4, -0.2) is 34.4 Å². The highest BCUT2D eigenvalue weighted by Gasteiger charge is 2.16. The van der Waals surface area contributed by atoms with Crippen LogP contribution in [0.15, 0.2) is 12.1 Å². The Morgan fingerprint density at radius 1 is 1.26 bits per heavy atom. The Hall–Kier alpha value is -1.42. The van der Waals surface area contributed by atoms with Gasteiger partial charge in [0.2, 0.25) is 0 Å². The summed E-state index contributed by atoms with van der Waals surface area (Å²) in [4.78, 5) is 2.22. The molecule has 0 amide bonds. The molecule has 0 heterocycles. The predicted octanol–water partition coefficient (Wildman–Crippen LogP) is 2.43. The lowest BCUT2D eigenvalue weighted by molar-refractivity contribution is 0.393. The van der Waals surface area contributed by atoms with E-state index >= 15 is 0 Å². The van der Waals surface area contributed by atoms with Crippen LogP contribution in [0.2, 0.25) is 0 Å². The molecule has 4 nitrogen and oxygen atoms in total. The van der Waals surface area contributed by atoms with Gasteiger partial charge in [-0.05, 0) is 31.0 Å². The van der Waals surface area contributed by atoms with Gasteiger partial charge in [-0.1, -0.05) is 13.3 Å². The molecule has 0 saturated carbocycles. The van der Waals surface area contributed by atoms with Gasteiger partial charge in [-0.3, -0.25) is 0 Å². The maximum atomic E-state index is 5.79. The van der Waals surface area contributed by atoms with E-state index in [-0.39, 0.29) is 0 Å². The van der Waals surface area contributed by atoms with Crippen molar-refractivity contribution < 1.29 is 9.47 Å². The van der Waals surface area contributed by atoms with Crippen LogP contribution >= 0.6 is 0 Å². The fourth-order valence-electron chi connectivity index (χ4n) is 2.33. The minimum Gasteiger partial charge on any atom is -0.497 e. The van der Waals surface area contributed by atoms with Crippen LogP contribution in [0.25, 0.3) is 0 Å². The first-order valence-corrected chi connectivity index (χ1v) is 6.71. The Kier molecular flexibility index (Phi) is 5.96. The van der Waals surface area contributed by atoms with Gasteiger partial charge in [-0.15, -0.1) is 0 Å². The monoisotopic (exact) mass is 266 g/mol. The number of nitrogens with two attached hydrogens (primary N) is 1. The van der Waals surface area contributed by atoms with Gasteiger partial charge in [0.05, 0.1) is 19.9 Å². The third-order valence-corrected chi connectivity index (χ3v) is 3.52. The Bertz CT molecular complexity index is 403. The molecule has 1 aromatic carbocycles. The summed E-state index contributed by atoms with van der Waals surface area (Å²) in [5.41, 5.74) is 8.04.